The smallest absolute Gasteiger partial charge is 0.00520 e. The first-order valence-electron chi connectivity index (χ1n) is 3.90. The molecule has 10 heavy (non-hydrogen) atoms. The van der Waals surface area contributed by atoms with E-state index in [1.165, 1.54) is 11.1 Å². The van der Waals surface area contributed by atoms with Crippen LogP contribution in [0.4, 0.5) is 0 Å². The standard InChI is InChI=1S/C10H18/c1-6-9(4)10(5)7-8(2)3/h7,10H,4,6H2,1-3,5H3. The van der Waals surface area contributed by atoms with Gasteiger partial charge in [-0.2, -0.15) is 0 Å². The van der Waals surface area contributed by atoms with E-state index in [-0.39, 0.29) is 0 Å². The van der Waals surface area contributed by atoms with Crippen molar-refractivity contribution < 1.29 is 0 Å². The Morgan fingerprint density at radius 3 is 2.30 bits per heavy atom. The van der Waals surface area contributed by atoms with Crippen LogP contribution < -0.4 is 0 Å². The molecule has 0 saturated heterocycles. The minimum absolute atomic E-state index is 0.551. The quantitative estimate of drug-likeness (QED) is 0.523. The summed E-state index contributed by atoms with van der Waals surface area (Å²) in [4.78, 5) is 0. The molecule has 1 atom stereocenters. The van der Waals surface area contributed by atoms with E-state index in [0.29, 0.717) is 5.92 Å². The van der Waals surface area contributed by atoms with Crippen LogP contribution >= 0.6 is 0 Å². The van der Waals surface area contributed by atoms with E-state index in [2.05, 4.69) is 40.3 Å². The summed E-state index contributed by atoms with van der Waals surface area (Å²) in [7, 11) is 0. The molecule has 0 bridgehead atoms. The first kappa shape index (κ1) is 9.48. The summed E-state index contributed by atoms with van der Waals surface area (Å²) in [5, 5.41) is 0. The van der Waals surface area contributed by atoms with Gasteiger partial charge >= 0.3 is 0 Å². The first-order valence-corrected chi connectivity index (χ1v) is 3.90. The Bertz CT molecular complexity index is 136. The molecule has 0 heterocycles. The molecule has 58 valence electrons. The molecular weight excluding hydrogens is 120 g/mol. The van der Waals surface area contributed by atoms with Crippen molar-refractivity contribution >= 4 is 0 Å². The zero-order chi connectivity index (χ0) is 8.15. The summed E-state index contributed by atoms with van der Waals surface area (Å²) >= 11 is 0. The van der Waals surface area contributed by atoms with Gasteiger partial charge in [0.1, 0.15) is 0 Å². The topological polar surface area (TPSA) is 0 Å². The molecule has 0 fully saturated rings. The lowest BCUT2D eigenvalue weighted by atomic mass is 9.99. The molecule has 0 N–H and O–H groups in total. The molecule has 0 aromatic heterocycles. The maximum Gasteiger partial charge on any atom is -0.00520 e. The van der Waals surface area contributed by atoms with Crippen LogP contribution in [-0.2, 0) is 0 Å². The summed E-state index contributed by atoms with van der Waals surface area (Å²) in [6, 6.07) is 0. The SMILES string of the molecule is C=C(CC)C(C)C=C(C)C. The van der Waals surface area contributed by atoms with Crippen molar-refractivity contribution in [3.63, 3.8) is 0 Å². The third-order valence-electron chi connectivity index (χ3n) is 1.68. The van der Waals surface area contributed by atoms with Crippen molar-refractivity contribution in [2.75, 3.05) is 0 Å². The van der Waals surface area contributed by atoms with Gasteiger partial charge in [-0.1, -0.05) is 37.6 Å². The van der Waals surface area contributed by atoms with Gasteiger partial charge in [-0.25, -0.2) is 0 Å². The van der Waals surface area contributed by atoms with E-state index in [4.69, 9.17) is 0 Å². The lowest BCUT2D eigenvalue weighted by Crippen LogP contribution is -1.92. The highest BCUT2D eigenvalue weighted by atomic mass is 14.0. The van der Waals surface area contributed by atoms with E-state index in [0.717, 1.165) is 6.42 Å². The van der Waals surface area contributed by atoms with E-state index in [1.54, 1.807) is 0 Å². The average molecular weight is 138 g/mol. The zero-order valence-electron chi connectivity index (χ0n) is 7.57. The van der Waals surface area contributed by atoms with E-state index < -0.39 is 0 Å². The molecule has 0 nitrogen and oxygen atoms in total. The van der Waals surface area contributed by atoms with Gasteiger partial charge in [-0.3, -0.25) is 0 Å². The van der Waals surface area contributed by atoms with Crippen LogP contribution in [0.3, 0.4) is 0 Å². The number of hydrogen-bond acceptors (Lipinski definition) is 0. The van der Waals surface area contributed by atoms with Gasteiger partial charge in [0.25, 0.3) is 0 Å². The minimum Gasteiger partial charge on any atom is -0.0993 e. The van der Waals surface area contributed by atoms with Gasteiger partial charge in [0.05, 0.1) is 0 Å². The van der Waals surface area contributed by atoms with Crippen molar-refractivity contribution in [3.05, 3.63) is 23.8 Å². The molecule has 0 heteroatoms. The lowest BCUT2D eigenvalue weighted by Gasteiger charge is -2.07. The fourth-order valence-corrected chi connectivity index (χ4v) is 0.940. The second-order valence-corrected chi connectivity index (χ2v) is 3.04. The largest absolute Gasteiger partial charge is 0.0993 e. The molecule has 0 saturated carbocycles. The van der Waals surface area contributed by atoms with Crippen molar-refractivity contribution in [2.24, 2.45) is 5.92 Å². The van der Waals surface area contributed by atoms with E-state index in [1.807, 2.05) is 0 Å². The van der Waals surface area contributed by atoms with Crippen LogP contribution in [0, 0.1) is 5.92 Å². The van der Waals surface area contributed by atoms with Crippen molar-refractivity contribution in [2.45, 2.75) is 34.1 Å². The fraction of sp³-hybridized carbons (Fsp3) is 0.600. The first-order chi connectivity index (χ1) is 4.57. The number of rotatable bonds is 3. The molecule has 0 rings (SSSR count). The average Bonchev–Trinajstić information content (AvgIpc) is 1.85. The maximum atomic E-state index is 3.98. The Kier molecular flexibility index (Phi) is 4.10. The summed E-state index contributed by atoms with van der Waals surface area (Å²) in [5.74, 6) is 0.551. The van der Waals surface area contributed by atoms with Crippen LogP contribution in [0.5, 0.6) is 0 Å². The highest BCUT2D eigenvalue weighted by Crippen LogP contribution is 2.14. The maximum absolute atomic E-state index is 3.98. The Balaban J connectivity index is 3.96. The predicted octanol–water partition coefficient (Wildman–Crippen LogP) is 3.55. The molecule has 0 aromatic carbocycles. The van der Waals surface area contributed by atoms with E-state index >= 15 is 0 Å². The zero-order valence-corrected chi connectivity index (χ0v) is 7.57. The van der Waals surface area contributed by atoms with Gasteiger partial charge in [0.15, 0.2) is 0 Å². The van der Waals surface area contributed by atoms with Gasteiger partial charge in [0.2, 0.25) is 0 Å². The van der Waals surface area contributed by atoms with Gasteiger partial charge < -0.3 is 0 Å². The van der Waals surface area contributed by atoms with Crippen LogP contribution in [-0.4, -0.2) is 0 Å². The summed E-state index contributed by atoms with van der Waals surface area (Å²) in [6.07, 6.45) is 3.34. The highest BCUT2D eigenvalue weighted by molar-refractivity contribution is 5.10. The van der Waals surface area contributed by atoms with Crippen molar-refractivity contribution in [1.82, 2.24) is 0 Å². The molecule has 0 aromatic rings. The highest BCUT2D eigenvalue weighted by Gasteiger charge is 1.98. The molecular formula is C10H18. The summed E-state index contributed by atoms with van der Waals surface area (Å²) in [6.45, 7) is 12.6. The molecule has 0 aliphatic heterocycles. The second kappa shape index (κ2) is 4.32. The summed E-state index contributed by atoms with van der Waals surface area (Å²) < 4.78 is 0. The normalized spacial score (nSPS) is 12.4. The van der Waals surface area contributed by atoms with Gasteiger partial charge in [0, 0.05) is 0 Å². The molecule has 0 amide bonds. The van der Waals surface area contributed by atoms with Crippen LogP contribution in [0.25, 0.3) is 0 Å². The molecule has 0 radical (unpaired) electrons. The molecule has 0 aliphatic carbocycles. The Hall–Kier alpha value is -0.520. The van der Waals surface area contributed by atoms with Crippen LogP contribution in [0.1, 0.15) is 34.1 Å². The fourth-order valence-electron chi connectivity index (χ4n) is 0.940. The van der Waals surface area contributed by atoms with Gasteiger partial charge in [-0.05, 0) is 26.2 Å². The van der Waals surface area contributed by atoms with Gasteiger partial charge in [-0.15, -0.1) is 0 Å². The molecule has 1 unspecified atom stereocenters. The molecule has 0 spiro atoms. The Morgan fingerprint density at radius 1 is 1.50 bits per heavy atom. The Morgan fingerprint density at radius 2 is 2.00 bits per heavy atom. The van der Waals surface area contributed by atoms with E-state index in [9.17, 15) is 0 Å². The second-order valence-electron chi connectivity index (χ2n) is 3.04. The minimum atomic E-state index is 0.551. The number of hydrogen-bond donors (Lipinski definition) is 0. The third-order valence-corrected chi connectivity index (χ3v) is 1.68. The lowest BCUT2D eigenvalue weighted by molar-refractivity contribution is 0.807. The predicted molar refractivity (Wildman–Crippen MR) is 48.0 cm³/mol. The van der Waals surface area contributed by atoms with Crippen molar-refractivity contribution in [3.8, 4) is 0 Å². The number of allylic oxidation sites excluding steroid dienone is 3. The van der Waals surface area contributed by atoms with Crippen LogP contribution in [0.2, 0.25) is 0 Å². The van der Waals surface area contributed by atoms with Crippen LogP contribution in [0.15, 0.2) is 23.8 Å². The third kappa shape index (κ3) is 3.49. The molecule has 0 aliphatic rings. The monoisotopic (exact) mass is 138 g/mol. The summed E-state index contributed by atoms with van der Waals surface area (Å²) in [5.41, 5.74) is 2.70. The van der Waals surface area contributed by atoms with Crippen molar-refractivity contribution in [1.29, 1.82) is 0 Å². The Labute approximate surface area is 64.6 Å².